The molecule has 0 aromatic rings. The number of rotatable bonds is 10. The van der Waals surface area contributed by atoms with E-state index in [9.17, 15) is 4.79 Å². The average Bonchev–Trinajstić information content (AvgIpc) is 2.43. The van der Waals surface area contributed by atoms with Gasteiger partial charge in [0.15, 0.2) is 0 Å². The molecule has 0 aliphatic heterocycles. The van der Waals surface area contributed by atoms with E-state index in [1.807, 2.05) is 11.8 Å². The quantitative estimate of drug-likeness (QED) is 0.621. The third-order valence-electron chi connectivity index (χ3n) is 2.36. The van der Waals surface area contributed by atoms with E-state index < -0.39 is 0 Å². The fourth-order valence-corrected chi connectivity index (χ4v) is 2.21. The lowest BCUT2D eigenvalue weighted by Crippen LogP contribution is -2.34. The van der Waals surface area contributed by atoms with Crippen molar-refractivity contribution in [1.29, 1.82) is 0 Å². The summed E-state index contributed by atoms with van der Waals surface area (Å²) in [6, 6.07) is 0. The number of nitrogens with zero attached hydrogens (tertiary/aromatic N) is 1. The van der Waals surface area contributed by atoms with Gasteiger partial charge in [-0.2, -0.15) is 0 Å². The van der Waals surface area contributed by atoms with Crippen molar-refractivity contribution in [2.75, 3.05) is 52.4 Å². The van der Waals surface area contributed by atoms with Crippen LogP contribution in [0, 0.1) is 11.8 Å². The Morgan fingerprint density at radius 2 is 1.64 bits per heavy atom. The van der Waals surface area contributed by atoms with Crippen LogP contribution in [0.3, 0.4) is 0 Å². The van der Waals surface area contributed by atoms with E-state index in [0.717, 1.165) is 18.8 Å². The molecule has 0 rings (SSSR count). The molecule has 22 heavy (non-hydrogen) atoms. The maximum atomic E-state index is 11.7. The lowest BCUT2D eigenvalue weighted by atomic mass is 10.1. The molecule has 0 fully saturated rings. The van der Waals surface area contributed by atoms with Gasteiger partial charge >= 0.3 is 0 Å². The summed E-state index contributed by atoms with van der Waals surface area (Å²) in [6.45, 7) is 14.0. The predicted molar refractivity (Wildman–Crippen MR) is 94.6 cm³/mol. The Morgan fingerprint density at radius 1 is 1.09 bits per heavy atom. The number of thioether (sulfide) groups is 1. The first-order valence-electron chi connectivity index (χ1n) is 7.98. The van der Waals surface area contributed by atoms with Crippen molar-refractivity contribution in [1.82, 2.24) is 4.90 Å². The standard InChI is InChI=1S/C11H23NOS.C5H12O3/c1-6-14-11(13)12(7-9(2)3)8-10(4)5;1-7-4-5-8-3-2-6/h9-10H,6-8H2,1-5H3;6H,2-5H2,1H3. The maximum absolute atomic E-state index is 11.7. The molecule has 0 aliphatic carbocycles. The van der Waals surface area contributed by atoms with Crippen molar-refractivity contribution in [3.8, 4) is 0 Å². The van der Waals surface area contributed by atoms with E-state index in [0.29, 0.717) is 31.7 Å². The largest absolute Gasteiger partial charge is 0.394 e. The van der Waals surface area contributed by atoms with Crippen LogP contribution in [-0.4, -0.2) is 67.6 Å². The zero-order valence-electron chi connectivity index (χ0n) is 15.1. The van der Waals surface area contributed by atoms with E-state index >= 15 is 0 Å². The van der Waals surface area contributed by atoms with Gasteiger partial charge in [0.1, 0.15) is 0 Å². The molecule has 1 N–H and O–H groups in total. The maximum Gasteiger partial charge on any atom is 0.281 e. The van der Waals surface area contributed by atoms with Crippen molar-refractivity contribution < 1.29 is 19.4 Å². The molecule has 0 radical (unpaired) electrons. The second-order valence-electron chi connectivity index (χ2n) is 5.72. The van der Waals surface area contributed by atoms with Crippen LogP contribution in [0.25, 0.3) is 0 Å². The Morgan fingerprint density at radius 3 is 2.00 bits per heavy atom. The van der Waals surface area contributed by atoms with Crippen molar-refractivity contribution in [2.24, 2.45) is 11.8 Å². The van der Waals surface area contributed by atoms with Crippen LogP contribution in [0.15, 0.2) is 0 Å². The SMILES string of the molecule is CCSC(=O)N(CC(C)C)CC(C)C.COCCOCCO. The van der Waals surface area contributed by atoms with Gasteiger partial charge in [0, 0.05) is 20.2 Å². The molecule has 5 nitrogen and oxygen atoms in total. The molecule has 0 aliphatic rings. The molecule has 0 atom stereocenters. The third-order valence-corrected chi connectivity index (χ3v) is 3.16. The first kappa shape index (κ1) is 24.0. The van der Waals surface area contributed by atoms with Gasteiger partial charge in [-0.1, -0.05) is 46.4 Å². The van der Waals surface area contributed by atoms with Crippen LogP contribution in [0.4, 0.5) is 4.79 Å². The summed E-state index contributed by atoms with van der Waals surface area (Å²) < 4.78 is 9.53. The van der Waals surface area contributed by atoms with Crippen molar-refractivity contribution in [3.63, 3.8) is 0 Å². The van der Waals surface area contributed by atoms with Gasteiger partial charge in [-0.3, -0.25) is 4.79 Å². The molecule has 134 valence electrons. The minimum Gasteiger partial charge on any atom is -0.394 e. The van der Waals surface area contributed by atoms with E-state index in [2.05, 4.69) is 32.4 Å². The Balaban J connectivity index is 0. The molecule has 0 saturated heterocycles. The number of hydrogen-bond donors (Lipinski definition) is 1. The monoisotopic (exact) mass is 337 g/mol. The molecular formula is C16H35NO4S. The molecule has 0 spiro atoms. The second kappa shape index (κ2) is 17.1. The lowest BCUT2D eigenvalue weighted by molar-refractivity contribution is 0.0500. The average molecular weight is 338 g/mol. The smallest absolute Gasteiger partial charge is 0.281 e. The zero-order chi connectivity index (χ0) is 17.4. The topological polar surface area (TPSA) is 59.0 Å². The molecule has 6 heteroatoms. The van der Waals surface area contributed by atoms with Crippen LogP contribution in [0.2, 0.25) is 0 Å². The second-order valence-corrected chi connectivity index (χ2v) is 6.94. The Labute approximate surface area is 140 Å². The number of aliphatic hydroxyl groups excluding tert-OH is 1. The minimum atomic E-state index is 0.0870. The zero-order valence-corrected chi connectivity index (χ0v) is 15.9. The Hall–Kier alpha value is -0.300. The van der Waals surface area contributed by atoms with Crippen LogP contribution >= 0.6 is 11.8 Å². The van der Waals surface area contributed by atoms with Gasteiger partial charge < -0.3 is 19.5 Å². The summed E-state index contributed by atoms with van der Waals surface area (Å²) in [4.78, 5) is 13.7. The van der Waals surface area contributed by atoms with Crippen LogP contribution < -0.4 is 0 Å². The fraction of sp³-hybridized carbons (Fsp3) is 0.938. The molecular weight excluding hydrogens is 302 g/mol. The number of amides is 1. The number of hydrogen-bond acceptors (Lipinski definition) is 5. The van der Waals surface area contributed by atoms with Crippen molar-refractivity contribution >= 4 is 17.0 Å². The number of carbonyl (C=O) groups is 1. The van der Waals surface area contributed by atoms with Crippen LogP contribution in [0.5, 0.6) is 0 Å². The summed E-state index contributed by atoms with van der Waals surface area (Å²) >= 11 is 1.41. The molecule has 0 aromatic heterocycles. The Kier molecular flexibility index (Phi) is 18.6. The van der Waals surface area contributed by atoms with Crippen molar-refractivity contribution in [2.45, 2.75) is 34.6 Å². The fourth-order valence-electron chi connectivity index (χ4n) is 1.63. The number of carbonyl (C=O) groups excluding carboxylic acids is 1. The van der Waals surface area contributed by atoms with Gasteiger partial charge in [-0.05, 0) is 17.6 Å². The molecule has 0 aromatic carbocycles. The number of methoxy groups -OCH3 is 1. The van der Waals surface area contributed by atoms with Gasteiger partial charge in [-0.25, -0.2) is 0 Å². The first-order chi connectivity index (χ1) is 10.4. The summed E-state index contributed by atoms with van der Waals surface area (Å²) in [5, 5.41) is 8.43. The molecule has 0 unspecified atom stereocenters. The summed E-state index contributed by atoms with van der Waals surface area (Å²) in [5.74, 6) is 1.97. The molecule has 0 heterocycles. The summed E-state index contributed by atoms with van der Waals surface area (Å²) in [7, 11) is 1.61. The van der Waals surface area contributed by atoms with Gasteiger partial charge in [-0.15, -0.1) is 0 Å². The summed E-state index contributed by atoms with van der Waals surface area (Å²) in [5.41, 5.74) is 0. The highest BCUT2D eigenvalue weighted by atomic mass is 32.2. The molecule has 1 amide bonds. The van der Waals surface area contributed by atoms with E-state index in [4.69, 9.17) is 9.84 Å². The highest BCUT2D eigenvalue weighted by Gasteiger charge is 2.15. The van der Waals surface area contributed by atoms with Gasteiger partial charge in [0.25, 0.3) is 5.24 Å². The van der Waals surface area contributed by atoms with E-state index in [1.54, 1.807) is 7.11 Å². The Bertz CT molecular complexity index is 234. The van der Waals surface area contributed by atoms with Gasteiger partial charge in [0.05, 0.1) is 26.4 Å². The van der Waals surface area contributed by atoms with Gasteiger partial charge in [0.2, 0.25) is 0 Å². The lowest BCUT2D eigenvalue weighted by Gasteiger charge is -2.25. The van der Waals surface area contributed by atoms with E-state index in [-0.39, 0.29) is 11.8 Å². The molecule has 0 bridgehead atoms. The predicted octanol–water partition coefficient (Wildman–Crippen LogP) is 3.12. The third kappa shape index (κ3) is 17.8. The summed E-state index contributed by atoms with van der Waals surface area (Å²) in [6.07, 6.45) is 0. The van der Waals surface area contributed by atoms with E-state index in [1.165, 1.54) is 11.8 Å². The highest BCUT2D eigenvalue weighted by Crippen LogP contribution is 2.12. The highest BCUT2D eigenvalue weighted by molar-refractivity contribution is 8.13. The van der Waals surface area contributed by atoms with Crippen LogP contribution in [0.1, 0.15) is 34.6 Å². The number of ether oxygens (including phenoxy) is 2. The first-order valence-corrected chi connectivity index (χ1v) is 8.96. The minimum absolute atomic E-state index is 0.0870. The number of aliphatic hydroxyl groups is 1. The van der Waals surface area contributed by atoms with Crippen molar-refractivity contribution in [3.05, 3.63) is 0 Å². The molecule has 0 saturated carbocycles. The van der Waals surface area contributed by atoms with Crippen LogP contribution in [-0.2, 0) is 9.47 Å². The normalized spacial score (nSPS) is 10.6.